The van der Waals surface area contributed by atoms with Crippen molar-refractivity contribution < 1.29 is 13.2 Å². The molecule has 0 rings (SSSR count). The molecule has 0 saturated carbocycles. The Morgan fingerprint density at radius 1 is 1.47 bits per heavy atom. The van der Waals surface area contributed by atoms with Crippen molar-refractivity contribution in [3.63, 3.8) is 0 Å². The number of nitrogens with zero attached hydrogens (tertiary/aromatic N) is 2. The van der Waals surface area contributed by atoms with E-state index >= 15 is 0 Å². The number of rotatable bonds is 6. The molecule has 0 atom stereocenters. The molecule has 0 N–H and O–H groups in total. The molecule has 5 nitrogen and oxygen atoms in total. The Bertz CT molecular complexity index is 343. The van der Waals surface area contributed by atoms with Gasteiger partial charge in [-0.25, -0.2) is 8.42 Å². The summed E-state index contributed by atoms with van der Waals surface area (Å²) in [5.41, 5.74) is 0. The molecule has 0 aliphatic carbocycles. The molecule has 0 aromatic rings. The molecule has 6 heteroatoms. The fraction of sp³-hybridized carbons (Fsp3) is 0.778. The predicted octanol–water partition coefficient (Wildman–Crippen LogP) is 0.183. The van der Waals surface area contributed by atoms with Crippen molar-refractivity contribution in [2.75, 3.05) is 25.1 Å². The highest BCUT2D eigenvalue weighted by molar-refractivity contribution is 7.92. The summed E-state index contributed by atoms with van der Waals surface area (Å²) in [5, 5.41) is 8.24. The number of carbonyl (C=O) groups excluding carboxylic acids is 1. The summed E-state index contributed by atoms with van der Waals surface area (Å²) >= 11 is 0. The second-order valence-electron chi connectivity index (χ2n) is 3.36. The average Bonchev–Trinajstić information content (AvgIpc) is 2.13. The van der Waals surface area contributed by atoms with Gasteiger partial charge in [-0.05, 0) is 6.42 Å². The molecule has 0 aromatic heterocycles. The highest BCUT2D eigenvalue weighted by atomic mass is 32.2. The molecule has 15 heavy (non-hydrogen) atoms. The maximum atomic E-state index is 11.4. The molecule has 86 valence electrons. The van der Waals surface area contributed by atoms with E-state index in [4.69, 9.17) is 5.26 Å². The number of nitriles is 1. The SMILES string of the molecule is CCCCN(C)C(=O)CS(=O)(=O)CC#N. The first-order chi connectivity index (χ1) is 6.93. The molecule has 0 bridgehead atoms. The smallest absolute Gasteiger partial charge is 0.237 e. The van der Waals surface area contributed by atoms with Crippen molar-refractivity contribution in [3.8, 4) is 6.07 Å². The van der Waals surface area contributed by atoms with E-state index in [9.17, 15) is 13.2 Å². The summed E-state index contributed by atoms with van der Waals surface area (Å²) in [6.07, 6.45) is 1.79. The van der Waals surface area contributed by atoms with Crippen LogP contribution in [0.5, 0.6) is 0 Å². The molecule has 1 amide bonds. The molecule has 0 aliphatic heterocycles. The van der Waals surface area contributed by atoms with Crippen LogP contribution in [-0.2, 0) is 14.6 Å². The first kappa shape index (κ1) is 13.9. The van der Waals surface area contributed by atoms with Gasteiger partial charge >= 0.3 is 0 Å². The van der Waals surface area contributed by atoms with E-state index in [2.05, 4.69) is 0 Å². The van der Waals surface area contributed by atoms with Crippen molar-refractivity contribution in [2.45, 2.75) is 19.8 Å². The van der Waals surface area contributed by atoms with Crippen molar-refractivity contribution in [1.82, 2.24) is 4.90 Å². The molecule has 0 spiro atoms. The molecule has 0 saturated heterocycles. The number of unbranched alkanes of at least 4 members (excludes halogenated alkanes) is 1. The lowest BCUT2D eigenvalue weighted by atomic mass is 10.3. The largest absolute Gasteiger partial charge is 0.345 e. The normalized spacial score (nSPS) is 10.7. The Morgan fingerprint density at radius 2 is 2.07 bits per heavy atom. The lowest BCUT2D eigenvalue weighted by Crippen LogP contribution is -2.33. The van der Waals surface area contributed by atoms with Gasteiger partial charge in [0.1, 0.15) is 11.5 Å². The Kier molecular flexibility index (Phi) is 5.94. The third kappa shape index (κ3) is 6.07. The van der Waals surface area contributed by atoms with E-state index in [1.807, 2.05) is 6.92 Å². The van der Waals surface area contributed by atoms with Gasteiger partial charge in [0.05, 0.1) is 6.07 Å². The van der Waals surface area contributed by atoms with E-state index in [0.29, 0.717) is 6.54 Å². The van der Waals surface area contributed by atoms with Gasteiger partial charge < -0.3 is 4.90 Å². The van der Waals surface area contributed by atoms with Crippen LogP contribution in [0.1, 0.15) is 19.8 Å². The summed E-state index contributed by atoms with van der Waals surface area (Å²) in [4.78, 5) is 12.8. The number of sulfone groups is 1. The van der Waals surface area contributed by atoms with Crippen molar-refractivity contribution in [2.24, 2.45) is 0 Å². The van der Waals surface area contributed by atoms with Crippen LogP contribution in [0.4, 0.5) is 0 Å². The van der Waals surface area contributed by atoms with Gasteiger partial charge in [-0.15, -0.1) is 0 Å². The number of carbonyl (C=O) groups is 1. The molecule has 0 aromatic carbocycles. The molecule has 0 heterocycles. The first-order valence-corrected chi connectivity index (χ1v) is 6.56. The molecule has 0 fully saturated rings. The van der Waals surface area contributed by atoms with Gasteiger partial charge in [-0.2, -0.15) is 5.26 Å². The quantitative estimate of drug-likeness (QED) is 0.654. The Hall–Kier alpha value is -1.09. The van der Waals surface area contributed by atoms with Crippen LogP contribution in [0.3, 0.4) is 0 Å². The second kappa shape index (κ2) is 6.40. The van der Waals surface area contributed by atoms with E-state index in [1.54, 1.807) is 7.05 Å². The van der Waals surface area contributed by atoms with Gasteiger partial charge in [0, 0.05) is 13.6 Å². The minimum Gasteiger partial charge on any atom is -0.345 e. The summed E-state index contributed by atoms with van der Waals surface area (Å²) in [6, 6.07) is 1.54. The molecular formula is C9H16N2O3S. The third-order valence-electron chi connectivity index (χ3n) is 1.90. The maximum Gasteiger partial charge on any atom is 0.237 e. The van der Waals surface area contributed by atoms with Gasteiger partial charge in [0.25, 0.3) is 0 Å². The number of hydrogen-bond donors (Lipinski definition) is 0. The third-order valence-corrected chi connectivity index (χ3v) is 3.16. The molecule has 0 radical (unpaired) electrons. The minimum atomic E-state index is -3.55. The standard InChI is InChI=1S/C9H16N2O3S/c1-3-4-6-11(2)9(12)8-15(13,14)7-5-10/h3-4,6-8H2,1-2H3. The van der Waals surface area contributed by atoms with Crippen molar-refractivity contribution in [1.29, 1.82) is 5.26 Å². The van der Waals surface area contributed by atoms with Crippen LogP contribution < -0.4 is 0 Å². The lowest BCUT2D eigenvalue weighted by molar-refractivity contribution is -0.127. The molecule has 0 aliphatic rings. The number of hydrogen-bond acceptors (Lipinski definition) is 4. The average molecular weight is 232 g/mol. The van der Waals surface area contributed by atoms with Crippen molar-refractivity contribution >= 4 is 15.7 Å². The summed E-state index contributed by atoms with van der Waals surface area (Å²) in [7, 11) is -1.98. The van der Waals surface area contributed by atoms with Crippen molar-refractivity contribution in [3.05, 3.63) is 0 Å². The van der Waals surface area contributed by atoms with Crippen LogP contribution in [0.15, 0.2) is 0 Å². The first-order valence-electron chi connectivity index (χ1n) is 4.74. The van der Waals surface area contributed by atoms with E-state index < -0.39 is 27.3 Å². The topological polar surface area (TPSA) is 78.2 Å². The number of amides is 1. The highest BCUT2D eigenvalue weighted by Crippen LogP contribution is 1.97. The molecular weight excluding hydrogens is 216 g/mol. The zero-order chi connectivity index (χ0) is 11.9. The van der Waals surface area contributed by atoms with Gasteiger partial charge in [-0.1, -0.05) is 13.3 Å². The molecule has 0 unspecified atom stereocenters. The Morgan fingerprint density at radius 3 is 2.53 bits per heavy atom. The summed E-state index contributed by atoms with van der Waals surface area (Å²) in [5.74, 6) is -1.61. The zero-order valence-corrected chi connectivity index (χ0v) is 9.88. The van der Waals surface area contributed by atoms with E-state index in [0.717, 1.165) is 12.8 Å². The fourth-order valence-corrected chi connectivity index (χ4v) is 1.86. The van der Waals surface area contributed by atoms with E-state index in [-0.39, 0.29) is 0 Å². The monoisotopic (exact) mass is 232 g/mol. The Labute approximate surface area is 90.6 Å². The van der Waals surface area contributed by atoms with Crippen LogP contribution in [0.25, 0.3) is 0 Å². The van der Waals surface area contributed by atoms with Crippen LogP contribution >= 0.6 is 0 Å². The maximum absolute atomic E-state index is 11.4. The summed E-state index contributed by atoms with van der Waals surface area (Å²) in [6.45, 7) is 2.54. The van der Waals surface area contributed by atoms with Gasteiger partial charge in [-0.3, -0.25) is 4.79 Å². The van der Waals surface area contributed by atoms with Crippen LogP contribution in [-0.4, -0.2) is 44.3 Å². The summed E-state index contributed by atoms with van der Waals surface area (Å²) < 4.78 is 22.3. The van der Waals surface area contributed by atoms with Gasteiger partial charge in [0.2, 0.25) is 5.91 Å². The van der Waals surface area contributed by atoms with Crippen LogP contribution in [0, 0.1) is 11.3 Å². The highest BCUT2D eigenvalue weighted by Gasteiger charge is 2.18. The minimum absolute atomic E-state index is 0.446. The van der Waals surface area contributed by atoms with Gasteiger partial charge in [0.15, 0.2) is 9.84 Å². The predicted molar refractivity (Wildman–Crippen MR) is 56.8 cm³/mol. The van der Waals surface area contributed by atoms with E-state index in [1.165, 1.54) is 11.0 Å². The fourth-order valence-electron chi connectivity index (χ4n) is 0.968. The second-order valence-corrected chi connectivity index (χ2v) is 5.42. The zero-order valence-electron chi connectivity index (χ0n) is 9.06. The Balaban J connectivity index is 4.19. The lowest BCUT2D eigenvalue weighted by Gasteiger charge is -2.15. The van der Waals surface area contributed by atoms with Crippen LogP contribution in [0.2, 0.25) is 0 Å².